The van der Waals surface area contributed by atoms with Crippen molar-refractivity contribution in [2.24, 2.45) is 11.1 Å². The van der Waals surface area contributed by atoms with E-state index in [1.165, 1.54) is 6.92 Å². The van der Waals surface area contributed by atoms with Gasteiger partial charge in [-0.3, -0.25) is 5.32 Å². The Hall–Kier alpha value is -0.160. The number of aliphatic hydroxyl groups excluding tert-OH is 1. The minimum absolute atomic E-state index is 0.776. The Morgan fingerprint density at radius 3 is 1.82 bits per heavy atom. The summed E-state index contributed by atoms with van der Waals surface area (Å²) in [6, 6.07) is 0. The molecule has 68 valence electrons. The van der Waals surface area contributed by atoms with E-state index in [1.54, 1.807) is 20.9 Å². The van der Waals surface area contributed by atoms with Crippen molar-refractivity contribution in [1.82, 2.24) is 5.32 Å². The van der Waals surface area contributed by atoms with Gasteiger partial charge in [-0.2, -0.15) is 0 Å². The van der Waals surface area contributed by atoms with Crippen LogP contribution in [-0.4, -0.2) is 29.2 Å². The van der Waals surface area contributed by atoms with Crippen molar-refractivity contribution in [3.05, 3.63) is 0 Å². The third-order valence-electron chi connectivity index (χ3n) is 2.26. The predicted octanol–water partition coefficient (Wildman–Crippen LogP) is -0.782. The molecule has 0 radical (unpaired) electrons. The van der Waals surface area contributed by atoms with Crippen LogP contribution in [-0.2, 0) is 0 Å². The highest BCUT2D eigenvalue weighted by Crippen LogP contribution is 2.28. The molecule has 0 aromatic heterocycles. The van der Waals surface area contributed by atoms with Crippen LogP contribution >= 0.6 is 0 Å². The zero-order chi connectivity index (χ0) is 9.28. The van der Waals surface area contributed by atoms with Crippen LogP contribution in [0.5, 0.6) is 0 Å². The predicted molar refractivity (Wildman–Crippen MR) is 43.7 cm³/mol. The zero-order valence-corrected chi connectivity index (χ0v) is 7.55. The van der Waals surface area contributed by atoms with Crippen LogP contribution < -0.4 is 11.1 Å². The third kappa shape index (κ3) is 2.13. The minimum atomic E-state index is -1.39. The van der Waals surface area contributed by atoms with Crippen molar-refractivity contribution in [2.75, 3.05) is 7.05 Å². The number of nitrogens with one attached hydrogen (secondary N) is 1. The summed E-state index contributed by atoms with van der Waals surface area (Å²) in [7, 11) is 1.61. The van der Waals surface area contributed by atoms with Gasteiger partial charge in [0, 0.05) is 5.41 Å². The standard InChI is InChI=1S/C7H18N2O2/c1-6(2,5(10)9-4)7(3,8)11/h5,9-11H,8H2,1-4H3. The smallest absolute Gasteiger partial charge is 0.119 e. The SMILES string of the molecule is CNC(O)C(C)(C)C(C)(N)O. The first-order valence-corrected chi connectivity index (χ1v) is 3.60. The molecule has 4 heteroatoms. The molecule has 0 spiro atoms. The van der Waals surface area contributed by atoms with Gasteiger partial charge >= 0.3 is 0 Å². The number of hydrogen-bond acceptors (Lipinski definition) is 4. The quantitative estimate of drug-likeness (QED) is 0.410. The molecule has 0 aliphatic carbocycles. The fraction of sp³-hybridized carbons (Fsp3) is 1.00. The van der Waals surface area contributed by atoms with E-state index < -0.39 is 17.4 Å². The molecule has 2 unspecified atom stereocenters. The maximum Gasteiger partial charge on any atom is 0.119 e. The lowest BCUT2D eigenvalue weighted by Gasteiger charge is -2.40. The Kier molecular flexibility index (Phi) is 3.02. The van der Waals surface area contributed by atoms with Crippen molar-refractivity contribution in [1.29, 1.82) is 0 Å². The molecule has 0 saturated heterocycles. The van der Waals surface area contributed by atoms with E-state index in [4.69, 9.17) is 5.73 Å². The fourth-order valence-corrected chi connectivity index (χ4v) is 0.638. The van der Waals surface area contributed by atoms with Crippen LogP contribution in [0, 0.1) is 5.41 Å². The highest BCUT2D eigenvalue weighted by molar-refractivity contribution is 4.88. The first-order valence-electron chi connectivity index (χ1n) is 3.60. The van der Waals surface area contributed by atoms with E-state index in [-0.39, 0.29) is 0 Å². The average Bonchev–Trinajstić information content (AvgIpc) is 1.83. The van der Waals surface area contributed by atoms with Crippen molar-refractivity contribution < 1.29 is 10.2 Å². The molecule has 0 aliphatic heterocycles. The van der Waals surface area contributed by atoms with Crippen molar-refractivity contribution in [3.63, 3.8) is 0 Å². The van der Waals surface area contributed by atoms with Gasteiger partial charge in [-0.25, -0.2) is 0 Å². The monoisotopic (exact) mass is 162 g/mol. The molecular formula is C7H18N2O2. The third-order valence-corrected chi connectivity index (χ3v) is 2.26. The molecule has 5 N–H and O–H groups in total. The topological polar surface area (TPSA) is 78.5 Å². The second-order valence-corrected chi connectivity index (χ2v) is 3.56. The van der Waals surface area contributed by atoms with Gasteiger partial charge < -0.3 is 15.9 Å². The number of nitrogens with two attached hydrogens (primary N) is 1. The van der Waals surface area contributed by atoms with Gasteiger partial charge in [0.25, 0.3) is 0 Å². The summed E-state index contributed by atoms with van der Waals surface area (Å²) in [5, 5.41) is 21.4. The van der Waals surface area contributed by atoms with E-state index in [9.17, 15) is 10.2 Å². The molecule has 0 heterocycles. The summed E-state index contributed by atoms with van der Waals surface area (Å²) in [6.07, 6.45) is -0.817. The Bertz CT molecular complexity index is 129. The lowest BCUT2D eigenvalue weighted by Crippen LogP contribution is -2.59. The maximum absolute atomic E-state index is 9.42. The summed E-state index contributed by atoms with van der Waals surface area (Å²) in [4.78, 5) is 0. The lowest BCUT2D eigenvalue weighted by atomic mass is 9.81. The van der Waals surface area contributed by atoms with Crippen LogP contribution in [0.1, 0.15) is 20.8 Å². The van der Waals surface area contributed by atoms with Gasteiger partial charge in [-0.05, 0) is 14.0 Å². The molecule has 4 nitrogen and oxygen atoms in total. The van der Waals surface area contributed by atoms with Gasteiger partial charge in [0.1, 0.15) is 12.0 Å². The molecule has 0 aliphatic rings. The Morgan fingerprint density at radius 2 is 1.73 bits per heavy atom. The van der Waals surface area contributed by atoms with Crippen molar-refractivity contribution >= 4 is 0 Å². The summed E-state index contributed by atoms with van der Waals surface area (Å²) in [5.74, 6) is 0. The average molecular weight is 162 g/mol. The molecular weight excluding hydrogens is 144 g/mol. The van der Waals surface area contributed by atoms with E-state index in [2.05, 4.69) is 5.32 Å². The Balaban J connectivity index is 4.45. The summed E-state index contributed by atoms with van der Waals surface area (Å²) in [5.41, 5.74) is 3.28. The van der Waals surface area contributed by atoms with E-state index >= 15 is 0 Å². The van der Waals surface area contributed by atoms with Crippen LogP contribution in [0.3, 0.4) is 0 Å². The van der Waals surface area contributed by atoms with Crippen molar-refractivity contribution in [2.45, 2.75) is 32.7 Å². The normalized spacial score (nSPS) is 21.0. The molecule has 0 aromatic rings. The zero-order valence-electron chi connectivity index (χ0n) is 7.55. The first-order chi connectivity index (χ1) is 4.73. The van der Waals surface area contributed by atoms with Crippen molar-refractivity contribution in [3.8, 4) is 0 Å². The van der Waals surface area contributed by atoms with E-state index in [0.29, 0.717) is 0 Å². The number of hydrogen-bond donors (Lipinski definition) is 4. The molecule has 2 atom stereocenters. The molecule has 0 bridgehead atoms. The summed E-state index contributed by atoms with van der Waals surface area (Å²) >= 11 is 0. The van der Waals surface area contributed by atoms with Gasteiger partial charge in [0.15, 0.2) is 0 Å². The van der Waals surface area contributed by atoms with Gasteiger partial charge in [0.2, 0.25) is 0 Å². The van der Waals surface area contributed by atoms with Crippen LogP contribution in [0.2, 0.25) is 0 Å². The molecule has 0 fully saturated rings. The number of rotatable bonds is 3. The molecule has 11 heavy (non-hydrogen) atoms. The fourth-order valence-electron chi connectivity index (χ4n) is 0.638. The molecule has 0 rings (SSSR count). The maximum atomic E-state index is 9.42. The van der Waals surface area contributed by atoms with Gasteiger partial charge in [-0.15, -0.1) is 0 Å². The first kappa shape index (κ1) is 10.8. The van der Waals surface area contributed by atoms with Gasteiger partial charge in [0.05, 0.1) is 0 Å². The lowest BCUT2D eigenvalue weighted by molar-refractivity contribution is -0.119. The molecule has 0 aromatic carbocycles. The largest absolute Gasteiger partial charge is 0.378 e. The highest BCUT2D eigenvalue weighted by atomic mass is 16.3. The summed E-state index contributed by atoms with van der Waals surface area (Å²) in [6.45, 7) is 4.84. The minimum Gasteiger partial charge on any atom is -0.378 e. The second kappa shape index (κ2) is 3.06. The Labute approximate surface area is 67.4 Å². The highest BCUT2D eigenvalue weighted by Gasteiger charge is 2.41. The molecule has 0 amide bonds. The molecule has 0 saturated carbocycles. The van der Waals surface area contributed by atoms with Gasteiger partial charge in [-0.1, -0.05) is 13.8 Å². The Morgan fingerprint density at radius 1 is 1.36 bits per heavy atom. The van der Waals surface area contributed by atoms with Crippen LogP contribution in [0.4, 0.5) is 0 Å². The summed E-state index contributed by atoms with van der Waals surface area (Å²) < 4.78 is 0. The van der Waals surface area contributed by atoms with E-state index in [0.717, 1.165) is 0 Å². The second-order valence-electron chi connectivity index (χ2n) is 3.56. The van der Waals surface area contributed by atoms with Crippen LogP contribution in [0.15, 0.2) is 0 Å². The number of aliphatic hydroxyl groups is 2. The van der Waals surface area contributed by atoms with Crippen LogP contribution in [0.25, 0.3) is 0 Å². The van der Waals surface area contributed by atoms with E-state index in [1.807, 2.05) is 0 Å².